The second kappa shape index (κ2) is 6.69. The fourth-order valence-corrected chi connectivity index (χ4v) is 3.16. The summed E-state index contributed by atoms with van der Waals surface area (Å²) in [7, 11) is 0. The van der Waals surface area contributed by atoms with Gasteiger partial charge >= 0.3 is 0 Å². The van der Waals surface area contributed by atoms with E-state index in [9.17, 15) is 4.79 Å². The Bertz CT molecular complexity index is 994. The van der Waals surface area contributed by atoms with E-state index in [2.05, 4.69) is 16.4 Å². The maximum Gasteiger partial charge on any atom is 0.258 e. The Hall–Kier alpha value is -3.65. The zero-order valence-electron chi connectivity index (χ0n) is 14.0. The highest BCUT2D eigenvalue weighted by Crippen LogP contribution is 2.34. The van der Waals surface area contributed by atoms with E-state index in [1.165, 1.54) is 0 Å². The van der Waals surface area contributed by atoms with Crippen molar-refractivity contribution in [2.75, 3.05) is 5.32 Å². The second-order valence-corrected chi connectivity index (χ2v) is 6.09. The van der Waals surface area contributed by atoms with Gasteiger partial charge in [-0.15, -0.1) is 0 Å². The molecule has 0 unspecified atom stereocenters. The van der Waals surface area contributed by atoms with Gasteiger partial charge in [-0.2, -0.15) is 5.26 Å². The van der Waals surface area contributed by atoms with Crippen molar-refractivity contribution in [1.82, 2.24) is 9.88 Å². The molecule has 0 bridgehead atoms. The van der Waals surface area contributed by atoms with Crippen LogP contribution in [0.2, 0.25) is 0 Å². The van der Waals surface area contributed by atoms with Crippen molar-refractivity contribution in [3.63, 3.8) is 0 Å². The lowest BCUT2D eigenvalue weighted by Gasteiger charge is -2.26. The van der Waals surface area contributed by atoms with Crippen molar-refractivity contribution in [3.8, 4) is 6.07 Å². The van der Waals surface area contributed by atoms with Gasteiger partial charge in [-0.3, -0.25) is 9.78 Å². The molecule has 26 heavy (non-hydrogen) atoms. The van der Waals surface area contributed by atoms with E-state index in [1.807, 2.05) is 42.5 Å². The Morgan fingerprint density at radius 1 is 1.08 bits per heavy atom. The van der Waals surface area contributed by atoms with Crippen LogP contribution in [0.3, 0.4) is 0 Å². The van der Waals surface area contributed by atoms with Gasteiger partial charge in [-0.1, -0.05) is 36.4 Å². The van der Waals surface area contributed by atoms with Gasteiger partial charge in [0, 0.05) is 18.4 Å². The monoisotopic (exact) mass is 340 g/mol. The molecule has 1 N–H and O–H groups in total. The van der Waals surface area contributed by atoms with Crippen molar-refractivity contribution in [2.45, 2.75) is 12.7 Å². The number of benzene rings is 2. The molecule has 1 aliphatic rings. The quantitative estimate of drug-likeness (QED) is 0.786. The minimum atomic E-state index is -0.382. The molecule has 0 saturated carbocycles. The number of hydrogen-bond donors (Lipinski definition) is 1. The molecule has 1 aliphatic heterocycles. The Labute approximate surface area is 151 Å². The van der Waals surface area contributed by atoms with Gasteiger partial charge in [0.1, 0.15) is 6.17 Å². The predicted molar refractivity (Wildman–Crippen MR) is 98.1 cm³/mol. The number of nitrogens with one attached hydrogen (secondary N) is 1. The van der Waals surface area contributed by atoms with Gasteiger partial charge < -0.3 is 10.2 Å². The van der Waals surface area contributed by atoms with Crippen LogP contribution < -0.4 is 5.32 Å². The number of nitrogens with zero attached hydrogens (tertiary/aromatic N) is 3. The van der Waals surface area contributed by atoms with Gasteiger partial charge in [0.05, 0.1) is 22.9 Å². The summed E-state index contributed by atoms with van der Waals surface area (Å²) in [5.74, 6) is -0.0501. The van der Waals surface area contributed by atoms with Crippen molar-refractivity contribution in [3.05, 3.63) is 95.3 Å². The molecule has 2 aromatic carbocycles. The summed E-state index contributed by atoms with van der Waals surface area (Å²) in [6, 6.07) is 22.8. The summed E-state index contributed by atoms with van der Waals surface area (Å²) in [6.45, 7) is 0.478. The van der Waals surface area contributed by atoms with Crippen LogP contribution in [-0.2, 0) is 6.54 Å². The molecule has 4 rings (SSSR count). The summed E-state index contributed by atoms with van der Waals surface area (Å²) < 4.78 is 0. The Balaban J connectivity index is 1.70. The second-order valence-electron chi connectivity index (χ2n) is 6.09. The minimum Gasteiger partial charge on any atom is -0.360 e. The number of aromatic nitrogens is 1. The number of fused-ring (bicyclic) bond motifs is 1. The molecule has 1 aromatic heterocycles. The van der Waals surface area contributed by atoms with E-state index in [0.717, 1.165) is 11.3 Å². The average molecular weight is 340 g/mol. The molecule has 0 radical (unpaired) electrons. The number of carbonyl (C=O) groups excluding carboxylic acids is 1. The van der Waals surface area contributed by atoms with Crippen LogP contribution in [-0.4, -0.2) is 15.8 Å². The Morgan fingerprint density at radius 2 is 1.92 bits per heavy atom. The van der Waals surface area contributed by atoms with Gasteiger partial charge in [0.25, 0.3) is 5.91 Å². The van der Waals surface area contributed by atoms with Gasteiger partial charge in [0.15, 0.2) is 0 Å². The third kappa shape index (κ3) is 2.89. The molecule has 5 nitrogen and oxygen atoms in total. The number of amides is 1. The van der Waals surface area contributed by atoms with E-state index in [4.69, 9.17) is 5.26 Å². The summed E-state index contributed by atoms with van der Waals surface area (Å²) in [5, 5.41) is 12.5. The molecule has 3 aromatic rings. The molecular weight excluding hydrogens is 324 g/mol. The normalized spacial score (nSPS) is 15.4. The molecule has 5 heteroatoms. The van der Waals surface area contributed by atoms with E-state index in [1.54, 1.807) is 35.4 Å². The number of carbonyl (C=O) groups is 1. The molecule has 0 aliphatic carbocycles. The summed E-state index contributed by atoms with van der Waals surface area (Å²) in [4.78, 5) is 19.1. The predicted octanol–water partition coefficient (Wildman–Crippen LogP) is 3.72. The van der Waals surface area contributed by atoms with Gasteiger partial charge in [-0.05, 0) is 35.9 Å². The summed E-state index contributed by atoms with van der Waals surface area (Å²) in [5.41, 5.74) is 3.70. The van der Waals surface area contributed by atoms with Crippen LogP contribution in [0.15, 0.2) is 72.9 Å². The van der Waals surface area contributed by atoms with Gasteiger partial charge in [-0.25, -0.2) is 0 Å². The first kappa shape index (κ1) is 15.9. The molecule has 126 valence electrons. The molecule has 2 heterocycles. The first-order chi connectivity index (χ1) is 12.8. The molecule has 0 saturated heterocycles. The van der Waals surface area contributed by atoms with Crippen molar-refractivity contribution < 1.29 is 4.79 Å². The lowest BCUT2D eigenvalue weighted by Crippen LogP contribution is -2.32. The largest absolute Gasteiger partial charge is 0.360 e. The van der Waals surface area contributed by atoms with Crippen LogP contribution >= 0.6 is 0 Å². The smallest absolute Gasteiger partial charge is 0.258 e. The van der Waals surface area contributed by atoms with Crippen LogP contribution in [0.4, 0.5) is 5.69 Å². The van der Waals surface area contributed by atoms with Crippen LogP contribution in [0.5, 0.6) is 0 Å². The minimum absolute atomic E-state index is 0.0501. The fraction of sp³-hybridized carbons (Fsp3) is 0.0952. The standard InChI is InChI=1S/C21H16N4O/c22-13-16-8-4-9-17(12-16)24-20-19-18(10-5-11-23-19)21(26)25(20)14-15-6-2-1-3-7-15/h1-12,20,24H,14H2/t20-/m1/s1. The maximum atomic E-state index is 12.9. The van der Waals surface area contributed by atoms with E-state index >= 15 is 0 Å². The highest BCUT2D eigenvalue weighted by atomic mass is 16.2. The van der Waals surface area contributed by atoms with Crippen LogP contribution in [0.25, 0.3) is 0 Å². The summed E-state index contributed by atoms with van der Waals surface area (Å²) in [6.07, 6.45) is 1.31. The first-order valence-electron chi connectivity index (χ1n) is 8.33. The van der Waals surface area contributed by atoms with E-state index < -0.39 is 0 Å². The third-order valence-electron chi connectivity index (χ3n) is 4.39. The van der Waals surface area contributed by atoms with Crippen LogP contribution in [0.1, 0.15) is 33.3 Å². The number of nitriles is 1. The van der Waals surface area contributed by atoms with Crippen molar-refractivity contribution >= 4 is 11.6 Å². The number of pyridine rings is 1. The van der Waals surface area contributed by atoms with E-state index in [0.29, 0.717) is 23.4 Å². The third-order valence-corrected chi connectivity index (χ3v) is 4.39. The lowest BCUT2D eigenvalue weighted by molar-refractivity contribution is 0.0728. The zero-order chi connectivity index (χ0) is 17.9. The van der Waals surface area contributed by atoms with E-state index in [-0.39, 0.29) is 12.1 Å². The molecule has 0 spiro atoms. The molecule has 1 amide bonds. The van der Waals surface area contributed by atoms with Crippen molar-refractivity contribution in [1.29, 1.82) is 5.26 Å². The Morgan fingerprint density at radius 3 is 2.73 bits per heavy atom. The number of rotatable bonds is 4. The zero-order valence-corrected chi connectivity index (χ0v) is 14.0. The number of anilines is 1. The molecule has 0 fully saturated rings. The number of hydrogen-bond acceptors (Lipinski definition) is 4. The molecule has 1 atom stereocenters. The summed E-state index contributed by atoms with van der Waals surface area (Å²) >= 11 is 0. The fourth-order valence-electron chi connectivity index (χ4n) is 3.16. The average Bonchev–Trinajstić information content (AvgIpc) is 2.95. The SMILES string of the molecule is N#Cc1cccc(N[C@H]2c3ncccc3C(=O)N2Cc2ccccc2)c1. The van der Waals surface area contributed by atoms with Gasteiger partial charge in [0.2, 0.25) is 0 Å². The highest BCUT2D eigenvalue weighted by Gasteiger charge is 2.37. The maximum absolute atomic E-state index is 12.9. The molecular formula is C21H16N4O. The highest BCUT2D eigenvalue weighted by molar-refractivity contribution is 5.98. The lowest BCUT2D eigenvalue weighted by atomic mass is 10.2. The Kier molecular flexibility index (Phi) is 4.08. The topological polar surface area (TPSA) is 69.0 Å². The van der Waals surface area contributed by atoms with Crippen molar-refractivity contribution in [2.24, 2.45) is 0 Å². The van der Waals surface area contributed by atoms with Crippen LogP contribution in [0, 0.1) is 11.3 Å². The first-order valence-corrected chi connectivity index (χ1v) is 8.33.